The topological polar surface area (TPSA) is 87.3 Å². The molecule has 3 aromatic rings. The molecule has 1 amide bonds. The second-order valence-corrected chi connectivity index (χ2v) is 10.6. The Hall–Kier alpha value is -2.90. The summed E-state index contributed by atoms with van der Waals surface area (Å²) in [4.78, 5) is 35.2. The Labute approximate surface area is 217 Å². The van der Waals surface area contributed by atoms with Gasteiger partial charge < -0.3 is 19.9 Å². The summed E-state index contributed by atoms with van der Waals surface area (Å²) in [6.45, 7) is 6.81. The third-order valence-electron chi connectivity index (χ3n) is 6.84. The van der Waals surface area contributed by atoms with Crippen molar-refractivity contribution in [1.82, 2.24) is 20.2 Å². The molecular weight excluding hydrogens is 476 g/mol. The van der Waals surface area contributed by atoms with Gasteiger partial charge in [0.1, 0.15) is 17.2 Å². The molecule has 0 aliphatic carbocycles. The van der Waals surface area contributed by atoms with Crippen LogP contribution in [0.2, 0.25) is 5.02 Å². The molecule has 5 rings (SSSR count). The van der Waals surface area contributed by atoms with E-state index in [1.54, 1.807) is 12.1 Å². The summed E-state index contributed by atoms with van der Waals surface area (Å²) in [5, 5.41) is 4.38. The van der Waals surface area contributed by atoms with Crippen LogP contribution in [-0.2, 0) is 12.8 Å². The predicted molar refractivity (Wildman–Crippen MR) is 144 cm³/mol. The third-order valence-corrected chi connectivity index (χ3v) is 7.06. The molecule has 2 aliphatic heterocycles. The van der Waals surface area contributed by atoms with Crippen LogP contribution >= 0.6 is 11.6 Å². The lowest BCUT2D eigenvalue weighted by Gasteiger charge is -2.32. The van der Waals surface area contributed by atoms with Crippen LogP contribution in [0.3, 0.4) is 0 Å². The number of para-hydroxylation sites is 1. The average Bonchev–Trinajstić information content (AvgIpc) is 3.13. The summed E-state index contributed by atoms with van der Waals surface area (Å²) in [6.07, 6.45) is 4.18. The van der Waals surface area contributed by atoms with Crippen molar-refractivity contribution in [2.24, 2.45) is 0 Å². The minimum atomic E-state index is -0.331. The minimum Gasteiger partial charge on any atom is -0.486 e. The van der Waals surface area contributed by atoms with Crippen LogP contribution in [0, 0.1) is 0 Å². The highest BCUT2D eigenvalue weighted by atomic mass is 35.5. The number of nitrogens with one attached hydrogen (secondary N) is 2. The fraction of sp³-hybridized carbons (Fsp3) is 0.464. The maximum Gasteiger partial charge on any atom is 0.258 e. The summed E-state index contributed by atoms with van der Waals surface area (Å²) >= 11 is 6.29. The molecule has 2 aliphatic rings. The molecule has 1 aromatic heterocycles. The van der Waals surface area contributed by atoms with Crippen LogP contribution < -0.4 is 15.6 Å². The third kappa shape index (κ3) is 5.73. The Kier molecular flexibility index (Phi) is 7.71. The molecule has 0 radical (unpaired) electrons. The number of H-pyrrole nitrogens is 1. The molecule has 0 spiro atoms. The number of ether oxygens (including phenoxy) is 1. The fourth-order valence-electron chi connectivity index (χ4n) is 5.13. The highest BCUT2D eigenvalue weighted by molar-refractivity contribution is 6.31. The molecule has 8 heteroatoms. The van der Waals surface area contributed by atoms with Crippen molar-refractivity contribution in [1.29, 1.82) is 0 Å². The van der Waals surface area contributed by atoms with E-state index < -0.39 is 0 Å². The lowest BCUT2D eigenvalue weighted by atomic mass is 9.99. The van der Waals surface area contributed by atoms with Gasteiger partial charge in [-0.25, -0.2) is 4.98 Å². The number of piperidine rings is 1. The first-order valence-corrected chi connectivity index (χ1v) is 12.7. The maximum atomic E-state index is 13.1. The Balaban J connectivity index is 0.00000304. The number of halogens is 1. The molecule has 2 aromatic carbocycles. The van der Waals surface area contributed by atoms with E-state index in [1.165, 1.54) is 0 Å². The van der Waals surface area contributed by atoms with Gasteiger partial charge in [-0.3, -0.25) is 9.59 Å². The van der Waals surface area contributed by atoms with Crippen LogP contribution in [0.1, 0.15) is 62.3 Å². The second kappa shape index (κ2) is 10.6. The van der Waals surface area contributed by atoms with Gasteiger partial charge in [-0.15, -0.1) is 0 Å². The van der Waals surface area contributed by atoms with Gasteiger partial charge in [0.05, 0.1) is 16.5 Å². The quantitative estimate of drug-likeness (QED) is 0.499. The van der Waals surface area contributed by atoms with E-state index in [9.17, 15) is 9.59 Å². The van der Waals surface area contributed by atoms with Crippen LogP contribution in [0.25, 0.3) is 10.9 Å². The molecule has 7 nitrogen and oxygen atoms in total. The molecule has 0 unspecified atom stereocenters. The summed E-state index contributed by atoms with van der Waals surface area (Å²) in [5.74, 6) is 1.27. The predicted octanol–water partition coefficient (Wildman–Crippen LogP) is 4.75. The standard InChI is InChI=1S/C27H31ClN4O3.CH4/c1-27(2)16-17-14-18(28)15-21(24(17)35-27)26(34)29-19-9-12-32(13-10-19)11-5-8-23-30-22-7-4-3-6-20(22)25(33)31-23;/h3-4,6-7,14-15,19H,5,8-13,16H2,1-2H3,(H,29,34)(H,30,31,33);1H4. The Morgan fingerprint density at radius 1 is 1.25 bits per heavy atom. The molecule has 1 fully saturated rings. The second-order valence-electron chi connectivity index (χ2n) is 10.2. The van der Waals surface area contributed by atoms with Gasteiger partial charge >= 0.3 is 0 Å². The monoisotopic (exact) mass is 510 g/mol. The van der Waals surface area contributed by atoms with Gasteiger partial charge in [0.15, 0.2) is 0 Å². The van der Waals surface area contributed by atoms with Crippen LogP contribution in [0.5, 0.6) is 5.75 Å². The number of aromatic amines is 1. The van der Waals surface area contributed by atoms with Gasteiger partial charge in [-0.2, -0.15) is 0 Å². The van der Waals surface area contributed by atoms with Crippen LogP contribution in [-0.4, -0.2) is 52.1 Å². The Bertz CT molecular complexity index is 1310. The van der Waals surface area contributed by atoms with Gasteiger partial charge in [-0.1, -0.05) is 31.2 Å². The van der Waals surface area contributed by atoms with E-state index in [0.717, 1.165) is 68.6 Å². The number of hydrogen-bond acceptors (Lipinski definition) is 5. The van der Waals surface area contributed by atoms with E-state index in [4.69, 9.17) is 16.3 Å². The van der Waals surface area contributed by atoms with Crippen LogP contribution in [0.4, 0.5) is 0 Å². The normalized spacial score (nSPS) is 17.3. The minimum absolute atomic E-state index is 0. The highest BCUT2D eigenvalue weighted by Gasteiger charge is 2.34. The molecule has 192 valence electrons. The maximum absolute atomic E-state index is 13.1. The number of nitrogens with zero attached hydrogens (tertiary/aromatic N) is 2. The molecule has 1 saturated heterocycles. The van der Waals surface area contributed by atoms with Crippen molar-refractivity contribution in [3.05, 3.63) is 68.7 Å². The van der Waals surface area contributed by atoms with E-state index in [2.05, 4.69) is 20.2 Å². The Morgan fingerprint density at radius 2 is 2.00 bits per heavy atom. The van der Waals surface area contributed by atoms with Crippen molar-refractivity contribution in [2.45, 2.75) is 65.0 Å². The zero-order valence-corrected chi connectivity index (χ0v) is 21.0. The van der Waals surface area contributed by atoms with Crippen molar-refractivity contribution in [3.8, 4) is 5.75 Å². The zero-order chi connectivity index (χ0) is 24.6. The number of rotatable bonds is 6. The van der Waals surface area contributed by atoms with E-state index in [-0.39, 0.29) is 30.5 Å². The molecular formula is C28H35ClN4O3. The molecule has 36 heavy (non-hydrogen) atoms. The molecule has 0 atom stereocenters. The Morgan fingerprint density at radius 3 is 2.78 bits per heavy atom. The zero-order valence-electron chi connectivity index (χ0n) is 20.2. The molecule has 0 bridgehead atoms. The molecule has 3 heterocycles. The number of fused-ring (bicyclic) bond motifs is 2. The van der Waals surface area contributed by atoms with Gasteiger partial charge in [0.2, 0.25) is 0 Å². The highest BCUT2D eigenvalue weighted by Crippen LogP contribution is 2.39. The van der Waals surface area contributed by atoms with Gasteiger partial charge in [-0.05, 0) is 63.9 Å². The van der Waals surface area contributed by atoms with E-state index in [0.29, 0.717) is 21.7 Å². The summed E-state index contributed by atoms with van der Waals surface area (Å²) < 4.78 is 6.06. The number of likely N-dealkylation sites (tertiary alicyclic amines) is 1. The number of aryl methyl sites for hydroxylation is 1. The van der Waals surface area contributed by atoms with Crippen molar-refractivity contribution in [2.75, 3.05) is 19.6 Å². The number of hydrogen-bond donors (Lipinski definition) is 2. The average molecular weight is 511 g/mol. The van der Waals surface area contributed by atoms with E-state index in [1.807, 2.05) is 38.1 Å². The van der Waals surface area contributed by atoms with Crippen molar-refractivity contribution >= 4 is 28.4 Å². The fourth-order valence-corrected chi connectivity index (χ4v) is 5.37. The number of amides is 1. The summed E-state index contributed by atoms with van der Waals surface area (Å²) in [5.41, 5.74) is 1.84. The van der Waals surface area contributed by atoms with Crippen molar-refractivity contribution in [3.63, 3.8) is 0 Å². The SMILES string of the molecule is C.CC1(C)Cc2cc(Cl)cc(C(=O)NC3CCN(CCCc4nc5ccccc5c(=O)[nH]4)CC3)c2O1. The number of aromatic nitrogens is 2. The number of carbonyl (C=O) groups is 1. The lowest BCUT2D eigenvalue weighted by molar-refractivity contribution is 0.0898. The summed E-state index contributed by atoms with van der Waals surface area (Å²) in [6, 6.07) is 11.1. The van der Waals surface area contributed by atoms with Gasteiger partial charge in [0, 0.05) is 42.6 Å². The number of carbonyl (C=O) groups excluding carboxylic acids is 1. The first-order chi connectivity index (χ1) is 16.8. The first kappa shape index (κ1) is 26.2. The first-order valence-electron chi connectivity index (χ1n) is 12.3. The molecule has 0 saturated carbocycles. The molecule has 2 N–H and O–H groups in total. The number of benzene rings is 2. The van der Waals surface area contributed by atoms with E-state index >= 15 is 0 Å². The smallest absolute Gasteiger partial charge is 0.258 e. The van der Waals surface area contributed by atoms with Gasteiger partial charge in [0.25, 0.3) is 11.5 Å². The van der Waals surface area contributed by atoms with Crippen LogP contribution in [0.15, 0.2) is 41.2 Å². The largest absolute Gasteiger partial charge is 0.486 e. The summed E-state index contributed by atoms with van der Waals surface area (Å²) in [7, 11) is 0. The lowest BCUT2D eigenvalue weighted by Crippen LogP contribution is -2.45. The van der Waals surface area contributed by atoms with Crippen molar-refractivity contribution < 1.29 is 9.53 Å².